The van der Waals surface area contributed by atoms with Gasteiger partial charge in [0, 0.05) is 16.1 Å². The molecule has 0 unspecified atom stereocenters. The molecule has 0 fully saturated rings. The molecule has 84 valence electrons. The second kappa shape index (κ2) is 3.85. The predicted octanol–water partition coefficient (Wildman–Crippen LogP) is 4.06. The molecule has 0 atom stereocenters. The number of alkyl halides is 3. The van der Waals surface area contributed by atoms with Crippen LogP contribution in [0, 0.1) is 0 Å². The Balaban J connectivity index is 2.85. The summed E-state index contributed by atoms with van der Waals surface area (Å²) >= 11 is 8.48. The van der Waals surface area contributed by atoms with Gasteiger partial charge < -0.3 is 0 Å². The number of benzene rings is 1. The Morgan fingerprint density at radius 1 is 1.25 bits per heavy atom. The topological polar surface area (TPSA) is 25.8 Å². The molecule has 0 aliphatic rings. The van der Waals surface area contributed by atoms with Crippen molar-refractivity contribution >= 4 is 38.4 Å². The van der Waals surface area contributed by atoms with E-state index in [0.717, 1.165) is 6.07 Å². The molecule has 2 nitrogen and oxygen atoms in total. The van der Waals surface area contributed by atoms with Crippen LogP contribution in [0.15, 0.2) is 22.8 Å². The van der Waals surface area contributed by atoms with Crippen LogP contribution >= 0.6 is 27.5 Å². The summed E-state index contributed by atoms with van der Waals surface area (Å²) in [5.41, 5.74) is -1.03. The fourth-order valence-corrected chi connectivity index (χ4v) is 1.91. The normalized spacial score (nSPS) is 12.1. The summed E-state index contributed by atoms with van der Waals surface area (Å²) in [5, 5.41) is 0.0754. The van der Waals surface area contributed by atoms with E-state index in [4.69, 9.17) is 11.6 Å². The van der Waals surface area contributed by atoms with E-state index in [0.29, 0.717) is 4.47 Å². The molecule has 0 aliphatic carbocycles. The van der Waals surface area contributed by atoms with E-state index in [1.54, 1.807) is 0 Å². The first-order valence-electron chi connectivity index (χ1n) is 4.07. The van der Waals surface area contributed by atoms with E-state index in [2.05, 4.69) is 25.9 Å². The van der Waals surface area contributed by atoms with Gasteiger partial charge in [-0.25, -0.2) is 9.97 Å². The molecule has 1 heterocycles. The van der Waals surface area contributed by atoms with Crippen molar-refractivity contribution in [1.29, 1.82) is 0 Å². The van der Waals surface area contributed by atoms with E-state index in [1.807, 2.05) is 0 Å². The quantitative estimate of drug-likeness (QED) is 0.686. The predicted molar refractivity (Wildman–Crippen MR) is 57.2 cm³/mol. The summed E-state index contributed by atoms with van der Waals surface area (Å²) in [6.07, 6.45) is -3.22. The number of halogens is 5. The van der Waals surface area contributed by atoms with Gasteiger partial charge in [0.2, 0.25) is 5.28 Å². The van der Waals surface area contributed by atoms with Crippen molar-refractivity contribution in [2.45, 2.75) is 6.18 Å². The zero-order valence-corrected chi connectivity index (χ0v) is 9.86. The Hall–Kier alpha value is -0.880. The van der Waals surface area contributed by atoms with E-state index in [-0.39, 0.29) is 16.2 Å². The van der Waals surface area contributed by atoms with E-state index < -0.39 is 11.7 Å². The van der Waals surface area contributed by atoms with Crippen LogP contribution in [-0.2, 0) is 6.18 Å². The molecule has 0 aliphatic heterocycles. The molecule has 0 bridgehead atoms. The van der Waals surface area contributed by atoms with Crippen LogP contribution in [0.3, 0.4) is 0 Å². The number of aromatic nitrogens is 2. The fourth-order valence-electron chi connectivity index (χ4n) is 1.30. The number of rotatable bonds is 0. The molecule has 0 saturated carbocycles. The summed E-state index contributed by atoms with van der Waals surface area (Å²) in [5.74, 6) is 0. The highest BCUT2D eigenvalue weighted by atomic mass is 79.9. The maximum absolute atomic E-state index is 12.7. The largest absolute Gasteiger partial charge is 0.418 e. The molecular weight excluding hydrogens is 308 g/mol. The summed E-state index contributed by atoms with van der Waals surface area (Å²) in [7, 11) is 0. The molecule has 0 radical (unpaired) electrons. The zero-order chi connectivity index (χ0) is 11.9. The van der Waals surface area contributed by atoms with E-state index in [9.17, 15) is 13.2 Å². The lowest BCUT2D eigenvalue weighted by Crippen LogP contribution is -2.07. The molecular formula is C9H3BrClF3N2. The van der Waals surface area contributed by atoms with Crippen molar-refractivity contribution in [2.75, 3.05) is 0 Å². The van der Waals surface area contributed by atoms with Gasteiger partial charge in [0.15, 0.2) is 0 Å². The van der Waals surface area contributed by atoms with Crippen molar-refractivity contribution < 1.29 is 13.2 Å². The molecule has 2 aromatic rings. The first-order valence-corrected chi connectivity index (χ1v) is 5.24. The molecule has 0 spiro atoms. The standard InChI is InChI=1S/C9H3BrClF3N2/c10-5-1-4-3-15-8(11)16-7(4)6(2-5)9(12,13)14/h1-3H. The smallest absolute Gasteiger partial charge is 0.226 e. The molecule has 0 saturated heterocycles. The number of fused-ring (bicyclic) bond motifs is 1. The van der Waals surface area contributed by atoms with Gasteiger partial charge in [-0.05, 0) is 23.7 Å². The van der Waals surface area contributed by atoms with E-state index >= 15 is 0 Å². The van der Waals surface area contributed by atoms with Crippen molar-refractivity contribution in [1.82, 2.24) is 9.97 Å². The maximum atomic E-state index is 12.7. The summed E-state index contributed by atoms with van der Waals surface area (Å²) in [6.45, 7) is 0. The van der Waals surface area contributed by atoms with Crippen LogP contribution in [0.4, 0.5) is 13.2 Å². The number of nitrogens with zero attached hydrogens (tertiary/aromatic N) is 2. The van der Waals surface area contributed by atoms with Crippen molar-refractivity contribution in [3.8, 4) is 0 Å². The average molecular weight is 311 g/mol. The first-order chi connectivity index (χ1) is 7.38. The minimum atomic E-state index is -4.47. The third-order valence-corrected chi connectivity index (χ3v) is 2.56. The van der Waals surface area contributed by atoms with Gasteiger partial charge in [-0.2, -0.15) is 13.2 Å². The maximum Gasteiger partial charge on any atom is 0.418 e. The molecule has 1 aromatic carbocycles. The zero-order valence-electron chi connectivity index (χ0n) is 7.52. The third kappa shape index (κ3) is 2.12. The Morgan fingerprint density at radius 2 is 1.94 bits per heavy atom. The first kappa shape index (κ1) is 11.6. The molecule has 16 heavy (non-hydrogen) atoms. The van der Waals surface area contributed by atoms with Gasteiger partial charge in [0.1, 0.15) is 0 Å². The van der Waals surface area contributed by atoms with Gasteiger partial charge in [-0.3, -0.25) is 0 Å². The Labute approximate surface area is 102 Å². The van der Waals surface area contributed by atoms with Crippen LogP contribution in [0.25, 0.3) is 10.9 Å². The lowest BCUT2D eigenvalue weighted by molar-refractivity contribution is -0.136. The Bertz CT molecular complexity index is 556. The SMILES string of the molecule is FC(F)(F)c1cc(Br)cc2cnc(Cl)nc12. The van der Waals surface area contributed by atoms with Crippen LogP contribution in [0.5, 0.6) is 0 Å². The van der Waals surface area contributed by atoms with Gasteiger partial charge in [0.25, 0.3) is 0 Å². The summed E-state index contributed by atoms with van der Waals surface area (Å²) in [6, 6.07) is 2.46. The van der Waals surface area contributed by atoms with Crippen molar-refractivity contribution in [3.05, 3.63) is 33.6 Å². The van der Waals surface area contributed by atoms with Gasteiger partial charge in [-0.1, -0.05) is 15.9 Å². The average Bonchev–Trinajstić information content (AvgIpc) is 2.16. The molecule has 2 rings (SSSR count). The Morgan fingerprint density at radius 3 is 2.56 bits per heavy atom. The third-order valence-electron chi connectivity index (χ3n) is 1.92. The second-order valence-corrected chi connectivity index (χ2v) is 4.28. The van der Waals surface area contributed by atoms with Crippen molar-refractivity contribution in [2.24, 2.45) is 0 Å². The lowest BCUT2D eigenvalue weighted by Gasteiger charge is -2.10. The fraction of sp³-hybridized carbons (Fsp3) is 0.111. The van der Waals surface area contributed by atoms with Gasteiger partial charge in [0.05, 0.1) is 11.1 Å². The lowest BCUT2D eigenvalue weighted by atomic mass is 10.1. The van der Waals surface area contributed by atoms with Crippen LogP contribution < -0.4 is 0 Å². The van der Waals surface area contributed by atoms with E-state index in [1.165, 1.54) is 12.3 Å². The van der Waals surface area contributed by atoms with Crippen LogP contribution in [0.1, 0.15) is 5.56 Å². The minimum absolute atomic E-state index is 0.198. The summed E-state index contributed by atoms with van der Waals surface area (Å²) in [4.78, 5) is 7.23. The van der Waals surface area contributed by atoms with Crippen molar-refractivity contribution in [3.63, 3.8) is 0 Å². The number of hydrogen-bond acceptors (Lipinski definition) is 2. The monoisotopic (exact) mass is 310 g/mol. The highest BCUT2D eigenvalue weighted by Crippen LogP contribution is 2.36. The summed E-state index contributed by atoms with van der Waals surface area (Å²) < 4.78 is 38.4. The highest BCUT2D eigenvalue weighted by Gasteiger charge is 2.33. The van der Waals surface area contributed by atoms with Crippen LogP contribution in [0.2, 0.25) is 5.28 Å². The van der Waals surface area contributed by atoms with Crippen LogP contribution in [-0.4, -0.2) is 9.97 Å². The van der Waals surface area contributed by atoms with Gasteiger partial charge >= 0.3 is 6.18 Å². The molecule has 0 N–H and O–H groups in total. The molecule has 7 heteroatoms. The molecule has 1 aromatic heterocycles. The minimum Gasteiger partial charge on any atom is -0.226 e. The van der Waals surface area contributed by atoms with Gasteiger partial charge in [-0.15, -0.1) is 0 Å². The number of hydrogen-bond donors (Lipinski definition) is 0. The molecule has 0 amide bonds. The Kier molecular flexibility index (Phi) is 2.79. The second-order valence-electron chi connectivity index (χ2n) is 3.03. The highest BCUT2D eigenvalue weighted by molar-refractivity contribution is 9.10.